The third kappa shape index (κ3) is 7.84. The lowest BCUT2D eigenvalue weighted by molar-refractivity contribution is -0.142. The van der Waals surface area contributed by atoms with E-state index in [-0.39, 0.29) is 42.1 Å². The molecule has 1 unspecified atom stereocenters. The number of aromatic nitrogens is 2. The van der Waals surface area contributed by atoms with E-state index in [0.717, 1.165) is 4.68 Å². The standard InChI is InChI=1S/C18H29F3N6O2.HI/c1-6-22-15(23-9-12-10-26(5)25-14(12)18(19,20)21)27-8-7-13(11-27)24-16(28)29-17(2,3)4;/h10,13H,6-9,11H2,1-5H3,(H,22,23)(H,24,28);1H. The van der Waals surface area contributed by atoms with Gasteiger partial charge in [-0.25, -0.2) is 9.79 Å². The molecule has 8 nitrogen and oxygen atoms in total. The number of alkyl halides is 3. The van der Waals surface area contributed by atoms with Crippen molar-refractivity contribution in [2.45, 2.75) is 58.5 Å². The van der Waals surface area contributed by atoms with Gasteiger partial charge in [-0.2, -0.15) is 18.3 Å². The zero-order valence-corrected chi connectivity index (χ0v) is 20.2. The first-order chi connectivity index (χ1) is 13.4. The summed E-state index contributed by atoms with van der Waals surface area (Å²) in [5.74, 6) is 0.498. The van der Waals surface area contributed by atoms with Crippen molar-refractivity contribution in [3.8, 4) is 0 Å². The van der Waals surface area contributed by atoms with Crippen LogP contribution in [-0.4, -0.2) is 58.0 Å². The number of alkyl carbamates (subject to hydrolysis) is 1. The Hall–Kier alpha value is -1.73. The lowest BCUT2D eigenvalue weighted by atomic mass is 10.2. The van der Waals surface area contributed by atoms with Crippen molar-refractivity contribution in [2.24, 2.45) is 12.0 Å². The fraction of sp³-hybridized carbons (Fsp3) is 0.722. The quantitative estimate of drug-likeness (QED) is 0.345. The number of ether oxygens (including phenoxy) is 1. The molecular formula is C18H30F3IN6O2. The van der Waals surface area contributed by atoms with Crippen molar-refractivity contribution >= 4 is 36.0 Å². The monoisotopic (exact) mass is 546 g/mol. The number of carbonyl (C=O) groups excluding carboxylic acids is 1. The molecule has 1 amide bonds. The van der Waals surface area contributed by atoms with Gasteiger partial charge in [0.15, 0.2) is 11.7 Å². The normalized spacial score (nSPS) is 17.5. The van der Waals surface area contributed by atoms with Gasteiger partial charge in [-0.05, 0) is 34.1 Å². The molecule has 1 aliphatic rings. The van der Waals surface area contributed by atoms with Crippen molar-refractivity contribution in [1.82, 2.24) is 25.3 Å². The van der Waals surface area contributed by atoms with Crippen molar-refractivity contribution in [3.05, 3.63) is 17.5 Å². The van der Waals surface area contributed by atoms with Crippen LogP contribution in [0.25, 0.3) is 0 Å². The Balaban J connectivity index is 0.00000450. The van der Waals surface area contributed by atoms with Crippen molar-refractivity contribution in [2.75, 3.05) is 19.6 Å². The van der Waals surface area contributed by atoms with E-state index in [2.05, 4.69) is 20.7 Å². The first-order valence-corrected chi connectivity index (χ1v) is 9.51. The Morgan fingerprint density at radius 3 is 2.60 bits per heavy atom. The van der Waals surface area contributed by atoms with Gasteiger partial charge in [0.05, 0.1) is 12.6 Å². The van der Waals surface area contributed by atoms with Gasteiger partial charge < -0.3 is 20.3 Å². The van der Waals surface area contributed by atoms with Crippen LogP contribution in [0.5, 0.6) is 0 Å². The van der Waals surface area contributed by atoms with E-state index in [0.29, 0.717) is 32.0 Å². The maximum absolute atomic E-state index is 13.1. The Morgan fingerprint density at radius 1 is 1.37 bits per heavy atom. The summed E-state index contributed by atoms with van der Waals surface area (Å²) >= 11 is 0. The number of carbonyl (C=O) groups is 1. The number of rotatable bonds is 4. The van der Waals surface area contributed by atoms with Crippen LogP contribution in [0.1, 0.15) is 45.4 Å². The zero-order chi connectivity index (χ0) is 21.8. The van der Waals surface area contributed by atoms with Gasteiger partial charge in [0.1, 0.15) is 5.60 Å². The summed E-state index contributed by atoms with van der Waals surface area (Å²) in [5, 5.41) is 9.42. The molecule has 0 aromatic carbocycles. The third-order valence-electron chi connectivity index (χ3n) is 4.12. The number of hydrogen-bond donors (Lipinski definition) is 2. The highest BCUT2D eigenvalue weighted by molar-refractivity contribution is 14.0. The molecule has 1 aromatic heterocycles. The smallest absolute Gasteiger partial charge is 0.435 e. The van der Waals surface area contributed by atoms with Crippen LogP contribution in [0.4, 0.5) is 18.0 Å². The molecule has 0 radical (unpaired) electrons. The predicted octanol–water partition coefficient (Wildman–Crippen LogP) is 3.12. The lowest BCUT2D eigenvalue weighted by Crippen LogP contribution is -2.44. The molecule has 12 heteroatoms. The number of nitrogens with zero attached hydrogens (tertiary/aromatic N) is 4. The maximum atomic E-state index is 13.1. The Morgan fingerprint density at radius 2 is 2.03 bits per heavy atom. The van der Waals surface area contributed by atoms with Crippen molar-refractivity contribution in [1.29, 1.82) is 0 Å². The van der Waals surface area contributed by atoms with Gasteiger partial charge in [-0.3, -0.25) is 4.68 Å². The van der Waals surface area contributed by atoms with Gasteiger partial charge in [-0.15, -0.1) is 24.0 Å². The molecule has 0 aliphatic carbocycles. The van der Waals surface area contributed by atoms with Crippen molar-refractivity contribution in [3.63, 3.8) is 0 Å². The molecule has 1 saturated heterocycles. The fourth-order valence-electron chi connectivity index (χ4n) is 3.02. The van der Waals surface area contributed by atoms with Crippen LogP contribution < -0.4 is 10.6 Å². The highest BCUT2D eigenvalue weighted by Gasteiger charge is 2.37. The molecule has 0 bridgehead atoms. The van der Waals surface area contributed by atoms with Gasteiger partial charge in [-0.1, -0.05) is 0 Å². The Labute approximate surface area is 191 Å². The molecule has 2 N–H and O–H groups in total. The summed E-state index contributed by atoms with van der Waals surface area (Å²) < 4.78 is 45.8. The van der Waals surface area contributed by atoms with Crippen molar-refractivity contribution < 1.29 is 22.7 Å². The maximum Gasteiger partial charge on any atom is 0.435 e. The number of aliphatic imine (C=N–C) groups is 1. The molecule has 2 rings (SSSR count). The summed E-state index contributed by atoms with van der Waals surface area (Å²) in [6.07, 6.45) is -3.01. The average molecular weight is 546 g/mol. The largest absolute Gasteiger partial charge is 0.444 e. The average Bonchev–Trinajstić information content (AvgIpc) is 3.15. The minimum Gasteiger partial charge on any atom is -0.444 e. The first-order valence-electron chi connectivity index (χ1n) is 9.51. The second-order valence-corrected chi connectivity index (χ2v) is 7.92. The highest BCUT2D eigenvalue weighted by Crippen LogP contribution is 2.30. The van der Waals surface area contributed by atoms with E-state index in [4.69, 9.17) is 4.74 Å². The number of halogens is 4. The van der Waals surface area contributed by atoms with E-state index in [9.17, 15) is 18.0 Å². The molecule has 30 heavy (non-hydrogen) atoms. The number of aryl methyl sites for hydroxylation is 1. The molecule has 0 spiro atoms. The summed E-state index contributed by atoms with van der Waals surface area (Å²) in [5.41, 5.74) is -1.50. The second kappa shape index (κ2) is 10.5. The molecule has 0 saturated carbocycles. The van der Waals surface area contributed by atoms with Crippen LogP contribution in [0.2, 0.25) is 0 Å². The molecular weight excluding hydrogens is 516 g/mol. The summed E-state index contributed by atoms with van der Waals surface area (Å²) in [6.45, 7) is 8.78. The summed E-state index contributed by atoms with van der Waals surface area (Å²) in [7, 11) is 1.45. The van der Waals surface area contributed by atoms with Gasteiger partial charge >= 0.3 is 12.3 Å². The van der Waals surface area contributed by atoms with E-state index in [1.54, 1.807) is 20.8 Å². The van der Waals surface area contributed by atoms with E-state index >= 15 is 0 Å². The number of nitrogens with one attached hydrogen (secondary N) is 2. The van der Waals surface area contributed by atoms with Crippen LogP contribution in [-0.2, 0) is 24.5 Å². The van der Waals surface area contributed by atoms with E-state index in [1.165, 1.54) is 13.2 Å². The topological polar surface area (TPSA) is 83.8 Å². The van der Waals surface area contributed by atoms with Crippen LogP contribution in [0.15, 0.2) is 11.2 Å². The van der Waals surface area contributed by atoms with Crippen LogP contribution >= 0.6 is 24.0 Å². The van der Waals surface area contributed by atoms with Gasteiger partial charge in [0, 0.05) is 38.4 Å². The number of likely N-dealkylation sites (tertiary alicyclic amines) is 1. The molecule has 1 fully saturated rings. The zero-order valence-electron chi connectivity index (χ0n) is 17.8. The number of amides is 1. The van der Waals surface area contributed by atoms with Crippen LogP contribution in [0.3, 0.4) is 0 Å². The summed E-state index contributed by atoms with van der Waals surface area (Å²) in [4.78, 5) is 18.2. The molecule has 1 aliphatic heterocycles. The van der Waals surface area contributed by atoms with E-state index in [1.807, 2.05) is 11.8 Å². The first kappa shape index (κ1) is 26.3. The lowest BCUT2D eigenvalue weighted by Gasteiger charge is -2.23. The molecule has 172 valence electrons. The van der Waals surface area contributed by atoms with Crippen LogP contribution in [0, 0.1) is 0 Å². The molecule has 1 atom stereocenters. The number of guanidine groups is 1. The number of hydrogen-bond acceptors (Lipinski definition) is 4. The third-order valence-corrected chi connectivity index (χ3v) is 4.12. The Kier molecular flexibility index (Phi) is 9.24. The second-order valence-electron chi connectivity index (χ2n) is 7.92. The molecule has 2 heterocycles. The Bertz CT molecular complexity index is 745. The minimum absolute atomic E-state index is 0. The minimum atomic E-state index is -4.53. The van der Waals surface area contributed by atoms with Gasteiger partial charge in [0.25, 0.3) is 0 Å². The fourth-order valence-corrected chi connectivity index (χ4v) is 3.02. The molecule has 1 aromatic rings. The van der Waals surface area contributed by atoms with Gasteiger partial charge in [0.2, 0.25) is 0 Å². The predicted molar refractivity (Wildman–Crippen MR) is 118 cm³/mol. The SMILES string of the molecule is CCNC(=NCc1cn(C)nc1C(F)(F)F)N1CCC(NC(=O)OC(C)(C)C)C1.I. The summed E-state index contributed by atoms with van der Waals surface area (Å²) in [6, 6.07) is -0.127. The van der Waals surface area contributed by atoms with E-state index < -0.39 is 23.6 Å². The highest BCUT2D eigenvalue weighted by atomic mass is 127.